The largest absolute Gasteiger partial charge is 0.369 e. The highest BCUT2D eigenvalue weighted by molar-refractivity contribution is 5.92. The van der Waals surface area contributed by atoms with E-state index >= 15 is 0 Å². The van der Waals surface area contributed by atoms with Crippen LogP contribution in [0.4, 0.5) is 11.4 Å². The molecule has 3 aromatic rings. The van der Waals surface area contributed by atoms with Gasteiger partial charge in [-0.05, 0) is 42.3 Å². The zero-order chi connectivity index (χ0) is 20.8. The van der Waals surface area contributed by atoms with Gasteiger partial charge in [0.25, 0.3) is 0 Å². The molecular formula is C26H29N3O. The molecule has 154 valence electrons. The van der Waals surface area contributed by atoms with Crippen LogP contribution in [0.3, 0.4) is 0 Å². The van der Waals surface area contributed by atoms with Gasteiger partial charge in [0.05, 0.1) is 6.42 Å². The molecular weight excluding hydrogens is 370 g/mol. The van der Waals surface area contributed by atoms with Crippen molar-refractivity contribution in [1.82, 2.24) is 4.90 Å². The molecule has 0 aromatic heterocycles. The molecule has 0 aliphatic carbocycles. The Morgan fingerprint density at radius 2 is 1.47 bits per heavy atom. The third-order valence-electron chi connectivity index (χ3n) is 5.62. The third-order valence-corrected chi connectivity index (χ3v) is 5.62. The zero-order valence-electron chi connectivity index (χ0n) is 17.6. The van der Waals surface area contributed by atoms with Crippen LogP contribution in [0, 0.1) is 6.92 Å². The van der Waals surface area contributed by atoms with Crippen molar-refractivity contribution in [3.8, 4) is 0 Å². The van der Waals surface area contributed by atoms with Crippen molar-refractivity contribution in [2.75, 3.05) is 36.4 Å². The molecule has 0 bridgehead atoms. The number of aryl methyl sites for hydroxylation is 1. The molecule has 4 heteroatoms. The van der Waals surface area contributed by atoms with E-state index < -0.39 is 0 Å². The molecule has 4 nitrogen and oxygen atoms in total. The number of carbonyl (C=O) groups excluding carboxylic acids is 1. The molecule has 0 spiro atoms. The number of rotatable bonds is 6. The van der Waals surface area contributed by atoms with Crippen molar-refractivity contribution in [2.24, 2.45) is 0 Å². The van der Waals surface area contributed by atoms with E-state index in [-0.39, 0.29) is 5.91 Å². The van der Waals surface area contributed by atoms with Crippen LogP contribution in [0.25, 0.3) is 0 Å². The second-order valence-corrected chi connectivity index (χ2v) is 8.01. The fourth-order valence-electron chi connectivity index (χ4n) is 3.86. The molecule has 4 rings (SSSR count). The van der Waals surface area contributed by atoms with Gasteiger partial charge in [-0.25, -0.2) is 0 Å². The second-order valence-electron chi connectivity index (χ2n) is 8.01. The van der Waals surface area contributed by atoms with Gasteiger partial charge in [-0.3, -0.25) is 9.69 Å². The van der Waals surface area contributed by atoms with Crippen LogP contribution in [0.2, 0.25) is 0 Å². The maximum atomic E-state index is 12.3. The van der Waals surface area contributed by atoms with E-state index in [2.05, 4.69) is 64.5 Å². The Labute approximate surface area is 179 Å². The minimum atomic E-state index is 0.0149. The SMILES string of the molecule is Cc1ccc(CC(=O)Nc2ccc(N3CCN(Cc4ccccc4)CC3)cc2)cc1. The van der Waals surface area contributed by atoms with Gasteiger partial charge in [0.1, 0.15) is 0 Å². The van der Waals surface area contributed by atoms with Gasteiger partial charge in [-0.2, -0.15) is 0 Å². The number of carbonyl (C=O) groups is 1. The molecule has 1 amide bonds. The van der Waals surface area contributed by atoms with E-state index in [1.165, 1.54) is 16.8 Å². The van der Waals surface area contributed by atoms with Crippen molar-refractivity contribution in [3.05, 3.63) is 95.6 Å². The van der Waals surface area contributed by atoms with Crippen molar-refractivity contribution >= 4 is 17.3 Å². The van der Waals surface area contributed by atoms with Crippen LogP contribution in [0.5, 0.6) is 0 Å². The maximum absolute atomic E-state index is 12.3. The molecule has 1 aliphatic rings. The van der Waals surface area contributed by atoms with Gasteiger partial charge in [0.15, 0.2) is 0 Å². The number of anilines is 2. The molecule has 0 unspecified atom stereocenters. The first-order valence-corrected chi connectivity index (χ1v) is 10.6. The number of amides is 1. The lowest BCUT2D eigenvalue weighted by Gasteiger charge is -2.36. The van der Waals surface area contributed by atoms with E-state index in [4.69, 9.17) is 0 Å². The van der Waals surface area contributed by atoms with Crippen molar-refractivity contribution in [3.63, 3.8) is 0 Å². The number of nitrogens with one attached hydrogen (secondary N) is 1. The van der Waals surface area contributed by atoms with Gasteiger partial charge >= 0.3 is 0 Å². The lowest BCUT2D eigenvalue weighted by Crippen LogP contribution is -2.45. The average molecular weight is 400 g/mol. The summed E-state index contributed by atoms with van der Waals surface area (Å²) in [5.41, 5.74) is 5.67. The zero-order valence-corrected chi connectivity index (χ0v) is 17.6. The quantitative estimate of drug-likeness (QED) is 0.663. The first-order chi connectivity index (χ1) is 14.7. The first kappa shape index (κ1) is 20.2. The number of benzene rings is 3. The van der Waals surface area contributed by atoms with Gasteiger partial charge < -0.3 is 10.2 Å². The fourth-order valence-corrected chi connectivity index (χ4v) is 3.86. The maximum Gasteiger partial charge on any atom is 0.228 e. The van der Waals surface area contributed by atoms with Crippen molar-refractivity contribution < 1.29 is 4.79 Å². The molecule has 0 saturated carbocycles. The van der Waals surface area contributed by atoms with Crippen LogP contribution in [0.1, 0.15) is 16.7 Å². The fraction of sp³-hybridized carbons (Fsp3) is 0.269. The summed E-state index contributed by atoms with van der Waals surface area (Å²) >= 11 is 0. The summed E-state index contributed by atoms with van der Waals surface area (Å²) in [5.74, 6) is 0.0149. The summed E-state index contributed by atoms with van der Waals surface area (Å²) < 4.78 is 0. The lowest BCUT2D eigenvalue weighted by atomic mass is 10.1. The van der Waals surface area contributed by atoms with Gasteiger partial charge in [0.2, 0.25) is 5.91 Å². The highest BCUT2D eigenvalue weighted by Gasteiger charge is 2.17. The average Bonchev–Trinajstić information content (AvgIpc) is 2.77. The summed E-state index contributed by atoms with van der Waals surface area (Å²) in [6.07, 6.45) is 0.394. The lowest BCUT2D eigenvalue weighted by molar-refractivity contribution is -0.115. The molecule has 1 fully saturated rings. The number of piperazine rings is 1. The van der Waals surface area contributed by atoms with Crippen molar-refractivity contribution in [1.29, 1.82) is 0 Å². The van der Waals surface area contributed by atoms with Crippen LogP contribution >= 0.6 is 0 Å². The molecule has 1 aliphatic heterocycles. The summed E-state index contributed by atoms with van der Waals surface area (Å²) in [7, 11) is 0. The molecule has 3 aromatic carbocycles. The summed E-state index contributed by atoms with van der Waals surface area (Å²) in [6, 6.07) is 27.0. The second kappa shape index (κ2) is 9.59. The van der Waals surface area contributed by atoms with E-state index in [1.807, 2.05) is 36.4 Å². The Hall–Kier alpha value is -3.11. The van der Waals surface area contributed by atoms with E-state index in [1.54, 1.807) is 0 Å². The Balaban J connectivity index is 1.26. The molecule has 30 heavy (non-hydrogen) atoms. The van der Waals surface area contributed by atoms with Gasteiger partial charge in [-0.1, -0.05) is 60.2 Å². The smallest absolute Gasteiger partial charge is 0.228 e. The van der Waals surface area contributed by atoms with Crippen LogP contribution < -0.4 is 10.2 Å². The molecule has 1 N–H and O–H groups in total. The molecule has 1 saturated heterocycles. The third kappa shape index (κ3) is 5.49. The number of hydrogen-bond acceptors (Lipinski definition) is 3. The van der Waals surface area contributed by atoms with E-state index in [0.29, 0.717) is 6.42 Å². The van der Waals surface area contributed by atoms with E-state index in [9.17, 15) is 4.79 Å². The van der Waals surface area contributed by atoms with Crippen LogP contribution in [-0.2, 0) is 17.8 Å². The molecule has 1 heterocycles. The molecule has 0 radical (unpaired) electrons. The topological polar surface area (TPSA) is 35.6 Å². The van der Waals surface area contributed by atoms with E-state index in [0.717, 1.165) is 44.0 Å². The molecule has 0 atom stereocenters. The number of nitrogens with zero attached hydrogens (tertiary/aromatic N) is 2. The monoisotopic (exact) mass is 399 g/mol. The van der Waals surface area contributed by atoms with Crippen LogP contribution in [0.15, 0.2) is 78.9 Å². The van der Waals surface area contributed by atoms with Crippen molar-refractivity contribution in [2.45, 2.75) is 19.9 Å². The Bertz CT molecular complexity index is 944. The standard InChI is InChI=1S/C26H29N3O/c1-21-7-9-22(10-8-21)19-26(30)27-24-11-13-25(14-12-24)29-17-15-28(16-18-29)20-23-5-3-2-4-6-23/h2-14H,15-20H2,1H3,(H,27,30). The predicted octanol–water partition coefficient (Wildman–Crippen LogP) is 4.50. The summed E-state index contributed by atoms with van der Waals surface area (Å²) in [5, 5.41) is 3.00. The Kier molecular flexibility index (Phi) is 6.45. The predicted molar refractivity (Wildman–Crippen MR) is 124 cm³/mol. The number of hydrogen-bond donors (Lipinski definition) is 1. The van der Waals surface area contributed by atoms with Crippen LogP contribution in [-0.4, -0.2) is 37.0 Å². The Morgan fingerprint density at radius 1 is 0.800 bits per heavy atom. The Morgan fingerprint density at radius 3 is 2.13 bits per heavy atom. The summed E-state index contributed by atoms with van der Waals surface area (Å²) in [4.78, 5) is 17.2. The highest BCUT2D eigenvalue weighted by Crippen LogP contribution is 2.20. The normalized spacial score (nSPS) is 14.5. The van der Waals surface area contributed by atoms with Gasteiger partial charge in [-0.15, -0.1) is 0 Å². The minimum Gasteiger partial charge on any atom is -0.369 e. The highest BCUT2D eigenvalue weighted by atomic mass is 16.1. The van der Waals surface area contributed by atoms with Gasteiger partial charge in [0, 0.05) is 44.1 Å². The minimum absolute atomic E-state index is 0.0149. The first-order valence-electron chi connectivity index (χ1n) is 10.6. The summed E-state index contributed by atoms with van der Waals surface area (Å²) in [6.45, 7) is 7.22.